The monoisotopic (exact) mass is 295 g/mol. The second-order valence-corrected chi connectivity index (χ2v) is 5.67. The predicted octanol–water partition coefficient (Wildman–Crippen LogP) is 1.47. The van der Waals surface area contributed by atoms with Gasteiger partial charge in [-0.3, -0.25) is 10.1 Å². The Morgan fingerprint density at radius 3 is 2.40 bits per heavy atom. The summed E-state index contributed by atoms with van der Waals surface area (Å²) in [6.07, 6.45) is 0.926. The third-order valence-corrected chi connectivity index (χ3v) is 3.34. The van der Waals surface area contributed by atoms with E-state index in [4.69, 9.17) is 0 Å². The Morgan fingerprint density at radius 1 is 1.47 bits per heavy atom. The fourth-order valence-electron chi connectivity index (χ4n) is 0.914. The lowest BCUT2D eigenvalue weighted by atomic mass is 10.3. The lowest BCUT2D eigenvalue weighted by molar-refractivity contribution is -0.386. The molecule has 0 spiro atoms. The number of hydrogen-bond donors (Lipinski definition) is 1. The van der Waals surface area contributed by atoms with E-state index in [9.17, 15) is 23.6 Å². The van der Waals surface area contributed by atoms with Crippen molar-refractivity contribution in [3.05, 3.63) is 26.7 Å². The summed E-state index contributed by atoms with van der Waals surface area (Å²) >= 11 is 2.84. The average Bonchev–Trinajstić information content (AvgIpc) is 2.06. The molecule has 0 aliphatic rings. The summed E-state index contributed by atoms with van der Waals surface area (Å²) in [5.41, 5.74) is -0.648. The number of benzene rings is 1. The van der Waals surface area contributed by atoms with Crippen molar-refractivity contribution >= 4 is 31.5 Å². The zero-order valence-corrected chi connectivity index (χ0v) is 9.87. The molecule has 1 aromatic rings. The first-order valence-electron chi connectivity index (χ1n) is 3.60. The molecular formula is C7H6BrNO5S. The number of phenolic OH excluding ortho intramolecular Hbond substituents is 1. The fourth-order valence-corrected chi connectivity index (χ4v) is 2.17. The molecule has 0 heterocycles. The van der Waals surface area contributed by atoms with Gasteiger partial charge in [0.15, 0.2) is 9.84 Å². The number of phenols is 1. The zero-order chi connectivity index (χ0) is 11.8. The molecule has 0 aliphatic heterocycles. The van der Waals surface area contributed by atoms with Crippen LogP contribution in [0.2, 0.25) is 0 Å². The zero-order valence-electron chi connectivity index (χ0n) is 7.47. The molecule has 8 heteroatoms. The maximum absolute atomic E-state index is 11.1. The van der Waals surface area contributed by atoms with Crippen LogP contribution in [0.3, 0.4) is 0 Å². The van der Waals surface area contributed by atoms with Gasteiger partial charge in [0.25, 0.3) is 0 Å². The molecular weight excluding hydrogens is 290 g/mol. The third kappa shape index (κ3) is 2.45. The number of sulfone groups is 1. The molecule has 0 saturated carbocycles. The molecule has 0 unspecified atom stereocenters. The molecule has 1 aromatic carbocycles. The van der Waals surface area contributed by atoms with E-state index in [1.54, 1.807) is 0 Å². The van der Waals surface area contributed by atoms with Crippen molar-refractivity contribution in [2.24, 2.45) is 0 Å². The smallest absolute Gasteiger partial charge is 0.313 e. The summed E-state index contributed by atoms with van der Waals surface area (Å²) in [5.74, 6) is -0.590. The van der Waals surface area contributed by atoms with Gasteiger partial charge >= 0.3 is 5.69 Å². The van der Waals surface area contributed by atoms with Gasteiger partial charge in [0, 0.05) is 12.3 Å². The van der Waals surface area contributed by atoms with Crippen molar-refractivity contribution < 1.29 is 18.4 Å². The summed E-state index contributed by atoms with van der Waals surface area (Å²) in [5, 5.41) is 19.8. The Morgan fingerprint density at radius 2 is 2.00 bits per heavy atom. The summed E-state index contributed by atoms with van der Waals surface area (Å²) in [7, 11) is -3.54. The van der Waals surface area contributed by atoms with Crippen LogP contribution < -0.4 is 0 Å². The Balaban J connectivity index is 3.57. The number of nitro groups is 1. The van der Waals surface area contributed by atoms with Crippen molar-refractivity contribution in [1.29, 1.82) is 0 Å². The minimum atomic E-state index is -3.54. The van der Waals surface area contributed by atoms with Gasteiger partial charge in [0.2, 0.25) is 5.75 Å². The molecule has 82 valence electrons. The molecule has 0 fully saturated rings. The topological polar surface area (TPSA) is 97.5 Å². The number of nitrogens with zero attached hydrogens (tertiary/aromatic N) is 1. The minimum Gasteiger partial charge on any atom is -0.501 e. The number of aromatic hydroxyl groups is 1. The summed E-state index contributed by atoms with van der Waals surface area (Å²) in [6.45, 7) is 0. The number of rotatable bonds is 2. The van der Waals surface area contributed by atoms with Gasteiger partial charge in [-0.15, -0.1) is 0 Å². The first-order chi connectivity index (χ1) is 6.73. The largest absolute Gasteiger partial charge is 0.501 e. The van der Waals surface area contributed by atoms with Crippen molar-refractivity contribution in [1.82, 2.24) is 0 Å². The Hall–Kier alpha value is -1.15. The maximum Gasteiger partial charge on any atom is 0.313 e. The molecule has 1 N–H and O–H groups in total. The van der Waals surface area contributed by atoms with Crippen molar-refractivity contribution in [3.8, 4) is 5.75 Å². The number of hydrogen-bond acceptors (Lipinski definition) is 5. The summed E-state index contributed by atoms with van der Waals surface area (Å²) in [6, 6.07) is 1.92. The highest BCUT2D eigenvalue weighted by Crippen LogP contribution is 2.36. The van der Waals surface area contributed by atoms with Crippen LogP contribution in [0.25, 0.3) is 0 Å². The van der Waals surface area contributed by atoms with Crippen LogP contribution in [0.15, 0.2) is 21.5 Å². The van der Waals surface area contributed by atoms with Crippen LogP contribution >= 0.6 is 15.9 Å². The van der Waals surface area contributed by atoms with Crippen molar-refractivity contribution in [2.75, 3.05) is 6.26 Å². The van der Waals surface area contributed by atoms with Crippen LogP contribution in [0.5, 0.6) is 5.75 Å². The van der Waals surface area contributed by atoms with Crippen molar-refractivity contribution in [2.45, 2.75) is 4.90 Å². The van der Waals surface area contributed by atoms with E-state index >= 15 is 0 Å². The highest BCUT2D eigenvalue weighted by atomic mass is 79.9. The Bertz CT molecular complexity index is 524. The number of halogens is 1. The van der Waals surface area contributed by atoms with Gasteiger partial charge in [-0.05, 0) is 22.0 Å². The van der Waals surface area contributed by atoms with E-state index in [1.807, 2.05) is 0 Å². The van der Waals surface area contributed by atoms with Gasteiger partial charge in [-0.1, -0.05) is 0 Å². The summed E-state index contributed by atoms with van der Waals surface area (Å²) < 4.78 is 22.3. The van der Waals surface area contributed by atoms with Gasteiger partial charge < -0.3 is 5.11 Å². The Kier molecular flexibility index (Phi) is 3.00. The average molecular weight is 296 g/mol. The molecule has 0 saturated heterocycles. The highest BCUT2D eigenvalue weighted by molar-refractivity contribution is 9.10. The lowest BCUT2D eigenvalue weighted by Crippen LogP contribution is -1.99. The first-order valence-corrected chi connectivity index (χ1v) is 6.29. The highest BCUT2D eigenvalue weighted by Gasteiger charge is 2.21. The minimum absolute atomic E-state index is 0.0304. The number of nitro benzene ring substituents is 1. The Labute approximate surface area is 93.7 Å². The van der Waals surface area contributed by atoms with Gasteiger partial charge in [0.1, 0.15) is 0 Å². The SMILES string of the molecule is CS(=O)(=O)c1cc(Br)c(O)c([N+](=O)[O-])c1. The molecule has 0 amide bonds. The molecule has 0 bridgehead atoms. The van der Waals surface area contributed by atoms with Crippen molar-refractivity contribution in [3.63, 3.8) is 0 Å². The molecule has 0 atom stereocenters. The molecule has 1 rings (SSSR count). The predicted molar refractivity (Wildman–Crippen MR) is 55.6 cm³/mol. The standard InChI is InChI=1S/C7H6BrNO5S/c1-15(13,14)4-2-5(8)7(10)6(3-4)9(11)12/h2-3,10H,1H3. The normalized spacial score (nSPS) is 11.3. The lowest BCUT2D eigenvalue weighted by Gasteiger charge is -2.02. The quantitative estimate of drug-likeness (QED) is 0.658. The van der Waals surface area contributed by atoms with Crippen LogP contribution in [-0.4, -0.2) is 24.7 Å². The molecule has 0 aliphatic carbocycles. The molecule has 0 radical (unpaired) electrons. The van der Waals surface area contributed by atoms with E-state index < -0.39 is 26.2 Å². The second-order valence-electron chi connectivity index (χ2n) is 2.80. The van der Waals surface area contributed by atoms with E-state index in [0.29, 0.717) is 0 Å². The van der Waals surface area contributed by atoms with Crippen LogP contribution in [0, 0.1) is 10.1 Å². The van der Waals surface area contributed by atoms with Crippen LogP contribution in [-0.2, 0) is 9.84 Å². The van der Waals surface area contributed by atoms with Crippen LogP contribution in [0.1, 0.15) is 0 Å². The molecule has 0 aromatic heterocycles. The van der Waals surface area contributed by atoms with E-state index in [0.717, 1.165) is 18.4 Å². The van der Waals surface area contributed by atoms with E-state index in [1.165, 1.54) is 0 Å². The first kappa shape index (κ1) is 11.9. The van der Waals surface area contributed by atoms with Gasteiger partial charge in [-0.2, -0.15) is 0 Å². The van der Waals surface area contributed by atoms with E-state index in [2.05, 4.69) is 15.9 Å². The van der Waals surface area contributed by atoms with E-state index in [-0.39, 0.29) is 9.37 Å². The fraction of sp³-hybridized carbons (Fsp3) is 0.143. The second kappa shape index (κ2) is 3.78. The third-order valence-electron chi connectivity index (χ3n) is 1.64. The van der Waals surface area contributed by atoms with Crippen LogP contribution in [0.4, 0.5) is 5.69 Å². The molecule has 6 nitrogen and oxygen atoms in total. The molecule has 15 heavy (non-hydrogen) atoms. The van der Waals surface area contributed by atoms with Gasteiger partial charge in [-0.25, -0.2) is 8.42 Å². The van der Waals surface area contributed by atoms with Gasteiger partial charge in [0.05, 0.1) is 14.3 Å². The maximum atomic E-state index is 11.1. The summed E-state index contributed by atoms with van der Waals surface area (Å²) in [4.78, 5) is 9.41.